The first-order chi connectivity index (χ1) is 9.10. The fraction of sp³-hybridized carbons (Fsp3) is 0.714. The molecule has 1 saturated heterocycles. The number of nitrogens with one attached hydrogen (secondary N) is 1. The van der Waals surface area contributed by atoms with Crippen LogP contribution in [0.2, 0.25) is 0 Å². The topological polar surface area (TPSA) is 41.1 Å². The summed E-state index contributed by atoms with van der Waals surface area (Å²) in [6, 6.07) is 3.05. The van der Waals surface area contributed by atoms with Crippen molar-refractivity contribution in [3.05, 3.63) is 16.5 Å². The van der Waals surface area contributed by atoms with Crippen LogP contribution in [0.4, 0.5) is 5.82 Å². The van der Waals surface area contributed by atoms with Gasteiger partial charge in [0, 0.05) is 24.6 Å². The Bertz CT molecular complexity index is 414. The summed E-state index contributed by atoms with van der Waals surface area (Å²) in [6.07, 6.45) is 5.78. The van der Waals surface area contributed by atoms with Gasteiger partial charge in [-0.1, -0.05) is 13.3 Å². The summed E-state index contributed by atoms with van der Waals surface area (Å²) in [6.45, 7) is 6.68. The Labute approximate surface area is 124 Å². The average molecular weight is 327 g/mol. The van der Waals surface area contributed by atoms with E-state index in [4.69, 9.17) is 0 Å². The van der Waals surface area contributed by atoms with Crippen molar-refractivity contribution in [3.63, 3.8) is 0 Å². The van der Waals surface area contributed by atoms with Crippen molar-refractivity contribution in [1.82, 2.24) is 15.0 Å². The molecular weight excluding hydrogens is 304 g/mol. The number of piperidine rings is 1. The van der Waals surface area contributed by atoms with Gasteiger partial charge in [0.15, 0.2) is 0 Å². The number of hydrazine groups is 1. The summed E-state index contributed by atoms with van der Waals surface area (Å²) in [5.74, 6) is 1.79. The van der Waals surface area contributed by atoms with Gasteiger partial charge in [-0.15, -0.1) is 0 Å². The van der Waals surface area contributed by atoms with Crippen molar-refractivity contribution in [1.29, 1.82) is 0 Å². The second-order valence-corrected chi connectivity index (χ2v) is 6.20. The van der Waals surface area contributed by atoms with Crippen molar-refractivity contribution < 1.29 is 0 Å². The molecule has 1 aromatic rings. The van der Waals surface area contributed by atoms with Crippen LogP contribution in [0.3, 0.4) is 0 Å². The van der Waals surface area contributed by atoms with E-state index in [-0.39, 0.29) is 0 Å². The summed E-state index contributed by atoms with van der Waals surface area (Å²) < 4.78 is 0.853. The van der Waals surface area contributed by atoms with E-state index in [1.807, 2.05) is 6.07 Å². The van der Waals surface area contributed by atoms with Crippen LogP contribution in [0.15, 0.2) is 10.7 Å². The first kappa shape index (κ1) is 14.7. The van der Waals surface area contributed by atoms with Gasteiger partial charge >= 0.3 is 0 Å². The molecule has 1 aromatic heterocycles. The Balaban J connectivity index is 2.13. The summed E-state index contributed by atoms with van der Waals surface area (Å²) in [4.78, 5) is 8.99. The number of anilines is 1. The van der Waals surface area contributed by atoms with E-state index in [2.05, 4.69) is 57.1 Å². The van der Waals surface area contributed by atoms with Crippen LogP contribution < -0.4 is 5.43 Å². The molecule has 4 nitrogen and oxygen atoms in total. The quantitative estimate of drug-likeness (QED) is 0.855. The van der Waals surface area contributed by atoms with Gasteiger partial charge < -0.3 is 5.43 Å². The molecule has 0 radical (unpaired) electrons. The summed E-state index contributed by atoms with van der Waals surface area (Å²) in [5.41, 5.74) is 3.47. The lowest BCUT2D eigenvalue weighted by molar-refractivity contribution is 0.135. The highest BCUT2D eigenvalue weighted by Gasteiger charge is 2.25. The number of aromatic nitrogens is 2. The van der Waals surface area contributed by atoms with E-state index < -0.39 is 0 Å². The summed E-state index contributed by atoms with van der Waals surface area (Å²) in [5, 5.41) is 2.33. The van der Waals surface area contributed by atoms with Crippen LogP contribution in [0, 0.1) is 0 Å². The van der Waals surface area contributed by atoms with Crippen LogP contribution in [-0.2, 0) is 6.42 Å². The lowest BCUT2D eigenvalue weighted by atomic mass is 10.00. The maximum absolute atomic E-state index is 4.59. The highest BCUT2D eigenvalue weighted by molar-refractivity contribution is 9.10. The van der Waals surface area contributed by atoms with Crippen molar-refractivity contribution in [2.24, 2.45) is 0 Å². The molecular formula is C14H23BrN4. The van der Waals surface area contributed by atoms with Gasteiger partial charge in [0.05, 0.1) is 0 Å². The minimum atomic E-state index is 0.548. The molecule has 2 rings (SSSR count). The highest BCUT2D eigenvalue weighted by Crippen LogP contribution is 2.23. The summed E-state index contributed by atoms with van der Waals surface area (Å²) >= 11 is 3.47. The monoisotopic (exact) mass is 326 g/mol. The lowest BCUT2D eigenvalue weighted by Crippen LogP contribution is -2.47. The molecule has 0 aliphatic carbocycles. The van der Waals surface area contributed by atoms with Crippen LogP contribution in [0.25, 0.3) is 0 Å². The number of hydrogen-bond acceptors (Lipinski definition) is 4. The maximum atomic E-state index is 4.59. The molecule has 2 heterocycles. The van der Waals surface area contributed by atoms with E-state index >= 15 is 0 Å². The molecule has 1 aliphatic rings. The fourth-order valence-electron chi connectivity index (χ4n) is 2.63. The molecule has 1 N–H and O–H groups in total. The van der Waals surface area contributed by atoms with Gasteiger partial charge in [-0.3, -0.25) is 0 Å². The smallest absolute Gasteiger partial charge is 0.145 e. The second-order valence-electron chi connectivity index (χ2n) is 5.39. The summed E-state index contributed by atoms with van der Waals surface area (Å²) in [7, 11) is 0. The normalized spacial score (nSPS) is 24.4. The first-order valence-corrected chi connectivity index (χ1v) is 7.98. The Kier molecular flexibility index (Phi) is 5.16. The Morgan fingerprint density at radius 1 is 1.32 bits per heavy atom. The number of aryl methyl sites for hydroxylation is 1. The number of nitrogens with zero attached hydrogens (tertiary/aromatic N) is 3. The van der Waals surface area contributed by atoms with Crippen LogP contribution in [0.5, 0.6) is 0 Å². The van der Waals surface area contributed by atoms with Gasteiger partial charge in [-0.2, -0.15) is 0 Å². The van der Waals surface area contributed by atoms with E-state index in [0.717, 1.165) is 29.1 Å². The maximum Gasteiger partial charge on any atom is 0.145 e. The molecule has 0 aromatic carbocycles. The Morgan fingerprint density at radius 2 is 2.00 bits per heavy atom. The van der Waals surface area contributed by atoms with Crippen LogP contribution in [-0.4, -0.2) is 27.1 Å². The van der Waals surface area contributed by atoms with Crippen LogP contribution in [0.1, 0.15) is 52.3 Å². The SMILES string of the molecule is CCCc1nc(Br)cc(NN2C(C)CCCC2C)n1. The zero-order valence-electron chi connectivity index (χ0n) is 12.0. The molecule has 2 unspecified atom stereocenters. The Hall–Kier alpha value is -0.680. The molecule has 1 aliphatic heterocycles. The molecule has 0 amide bonds. The predicted octanol–water partition coefficient (Wildman–Crippen LogP) is 3.78. The third-order valence-electron chi connectivity index (χ3n) is 3.65. The van der Waals surface area contributed by atoms with Crippen molar-refractivity contribution in [2.75, 3.05) is 5.43 Å². The molecule has 0 saturated carbocycles. The standard InChI is InChI=1S/C14H23BrN4/c1-4-6-13-16-12(15)9-14(17-13)18-19-10(2)7-5-8-11(19)3/h9-11H,4-8H2,1-3H3,(H,16,17,18). The number of hydrogen-bond donors (Lipinski definition) is 1. The Morgan fingerprint density at radius 3 is 2.63 bits per heavy atom. The predicted molar refractivity (Wildman–Crippen MR) is 82.0 cm³/mol. The molecule has 19 heavy (non-hydrogen) atoms. The van der Waals surface area contributed by atoms with Crippen LogP contribution >= 0.6 is 15.9 Å². The van der Waals surface area contributed by atoms with Gasteiger partial charge in [0.1, 0.15) is 16.2 Å². The lowest BCUT2D eigenvalue weighted by Gasteiger charge is -2.39. The van der Waals surface area contributed by atoms with E-state index in [1.165, 1.54) is 19.3 Å². The largest absolute Gasteiger partial charge is 0.302 e. The molecule has 0 bridgehead atoms. The van der Waals surface area contributed by atoms with E-state index in [9.17, 15) is 0 Å². The van der Waals surface area contributed by atoms with Crippen molar-refractivity contribution in [2.45, 2.75) is 65.0 Å². The first-order valence-electron chi connectivity index (χ1n) is 7.18. The van der Waals surface area contributed by atoms with E-state index in [0.29, 0.717) is 12.1 Å². The minimum Gasteiger partial charge on any atom is -0.302 e. The van der Waals surface area contributed by atoms with Gasteiger partial charge in [-0.25, -0.2) is 15.0 Å². The molecule has 5 heteroatoms. The average Bonchev–Trinajstić information content (AvgIpc) is 2.34. The van der Waals surface area contributed by atoms with Crippen molar-refractivity contribution in [3.8, 4) is 0 Å². The van der Waals surface area contributed by atoms with Crippen molar-refractivity contribution >= 4 is 21.7 Å². The van der Waals surface area contributed by atoms with Gasteiger partial charge in [-0.05, 0) is 49.0 Å². The number of halogens is 1. The fourth-order valence-corrected chi connectivity index (χ4v) is 3.05. The third kappa shape index (κ3) is 3.89. The molecule has 106 valence electrons. The van der Waals surface area contributed by atoms with E-state index in [1.54, 1.807) is 0 Å². The van der Waals surface area contributed by atoms with Gasteiger partial charge in [0.25, 0.3) is 0 Å². The third-order valence-corrected chi connectivity index (χ3v) is 4.06. The minimum absolute atomic E-state index is 0.548. The molecule has 2 atom stereocenters. The molecule has 0 spiro atoms. The van der Waals surface area contributed by atoms with Gasteiger partial charge in [0.2, 0.25) is 0 Å². The second kappa shape index (κ2) is 6.66. The molecule has 1 fully saturated rings. The zero-order valence-corrected chi connectivity index (χ0v) is 13.6. The number of rotatable bonds is 4. The highest BCUT2D eigenvalue weighted by atomic mass is 79.9. The zero-order chi connectivity index (χ0) is 13.8.